The minimum Gasteiger partial charge on any atom is -0.444 e. The predicted molar refractivity (Wildman–Crippen MR) is 93.4 cm³/mol. The van der Waals surface area contributed by atoms with Crippen LogP contribution in [-0.4, -0.2) is 16.6 Å². The third-order valence-corrected chi connectivity index (χ3v) is 3.39. The summed E-state index contributed by atoms with van der Waals surface area (Å²) in [6.07, 6.45) is -0.856. The van der Waals surface area contributed by atoms with Gasteiger partial charge in [-0.2, -0.15) is 0 Å². The Bertz CT molecular complexity index is 834. The third kappa shape index (κ3) is 4.67. The quantitative estimate of drug-likeness (QED) is 0.582. The second-order valence-corrected chi connectivity index (χ2v) is 6.62. The van der Waals surface area contributed by atoms with Crippen LogP contribution in [0, 0.1) is 15.9 Å². The summed E-state index contributed by atoms with van der Waals surface area (Å²) in [4.78, 5) is 22.5. The first-order valence-electron chi connectivity index (χ1n) is 7.31. The summed E-state index contributed by atoms with van der Waals surface area (Å²) < 4.78 is 19.0. The van der Waals surface area contributed by atoms with Crippen molar-refractivity contribution >= 4 is 29.1 Å². The van der Waals surface area contributed by atoms with E-state index in [0.717, 1.165) is 6.07 Å². The second-order valence-electron chi connectivity index (χ2n) is 6.21. The van der Waals surface area contributed by atoms with Crippen LogP contribution in [0.4, 0.5) is 20.6 Å². The van der Waals surface area contributed by atoms with Crippen molar-refractivity contribution in [3.8, 4) is 11.1 Å². The van der Waals surface area contributed by atoms with Gasteiger partial charge in [0.15, 0.2) is 0 Å². The molecule has 0 spiro atoms. The Hall–Kier alpha value is -2.67. The van der Waals surface area contributed by atoms with Gasteiger partial charge in [-0.3, -0.25) is 15.4 Å². The van der Waals surface area contributed by atoms with Gasteiger partial charge >= 0.3 is 6.09 Å². The lowest BCUT2D eigenvalue weighted by atomic mass is 10.0. The van der Waals surface area contributed by atoms with Crippen LogP contribution in [0.25, 0.3) is 11.1 Å². The predicted octanol–water partition coefficient (Wildman–Crippen LogP) is 5.40. The summed E-state index contributed by atoms with van der Waals surface area (Å²) in [6, 6.07) is 8.09. The molecule has 0 heterocycles. The lowest BCUT2D eigenvalue weighted by Gasteiger charge is -2.19. The molecule has 6 nitrogen and oxygen atoms in total. The molecule has 0 bridgehead atoms. The van der Waals surface area contributed by atoms with Crippen LogP contribution < -0.4 is 5.32 Å². The Morgan fingerprint density at radius 3 is 2.44 bits per heavy atom. The van der Waals surface area contributed by atoms with Crippen LogP contribution in [-0.2, 0) is 4.74 Å². The summed E-state index contributed by atoms with van der Waals surface area (Å²) in [5.74, 6) is -0.563. The van der Waals surface area contributed by atoms with Crippen molar-refractivity contribution < 1.29 is 18.8 Å². The molecule has 0 saturated carbocycles. The second kappa shape index (κ2) is 7.06. The molecular formula is C17H16ClFN2O4. The standard InChI is InChI=1S/C17H16ClFN2O4/c1-17(2,3)25-16(22)20-14-9-12(18)11(8-15(14)21(23)24)10-6-4-5-7-13(10)19/h4-9H,1-3H3,(H,20,22). The fraction of sp³-hybridized carbons (Fsp3) is 0.235. The van der Waals surface area contributed by atoms with E-state index in [1.807, 2.05) is 0 Å². The van der Waals surface area contributed by atoms with E-state index in [0.29, 0.717) is 0 Å². The molecule has 0 aliphatic carbocycles. The van der Waals surface area contributed by atoms with Crippen LogP contribution in [0.15, 0.2) is 36.4 Å². The Morgan fingerprint density at radius 2 is 1.88 bits per heavy atom. The normalized spacial score (nSPS) is 11.1. The molecule has 25 heavy (non-hydrogen) atoms. The zero-order valence-corrected chi connectivity index (χ0v) is 14.6. The monoisotopic (exact) mass is 366 g/mol. The van der Waals surface area contributed by atoms with Crippen LogP contribution in [0.5, 0.6) is 0 Å². The summed E-state index contributed by atoms with van der Waals surface area (Å²) >= 11 is 6.15. The first-order valence-corrected chi connectivity index (χ1v) is 7.69. The molecule has 132 valence electrons. The van der Waals surface area contributed by atoms with Gasteiger partial charge in [0, 0.05) is 17.2 Å². The van der Waals surface area contributed by atoms with Crippen molar-refractivity contribution in [2.45, 2.75) is 26.4 Å². The molecule has 0 aromatic heterocycles. The van der Waals surface area contributed by atoms with Gasteiger partial charge in [0.05, 0.1) is 9.95 Å². The fourth-order valence-corrected chi connectivity index (χ4v) is 2.38. The van der Waals surface area contributed by atoms with Crippen LogP contribution in [0.3, 0.4) is 0 Å². The minimum absolute atomic E-state index is 0.0572. The number of rotatable bonds is 3. The Labute approximate surface area is 148 Å². The zero-order valence-electron chi connectivity index (χ0n) is 13.8. The minimum atomic E-state index is -0.856. The molecule has 0 fully saturated rings. The SMILES string of the molecule is CC(C)(C)OC(=O)Nc1cc(Cl)c(-c2ccccc2F)cc1[N+](=O)[O-]. The molecule has 0 saturated heterocycles. The Kier molecular flexibility index (Phi) is 5.27. The number of nitrogens with zero attached hydrogens (tertiary/aromatic N) is 1. The molecule has 1 N–H and O–H groups in total. The van der Waals surface area contributed by atoms with Gasteiger partial charge in [-0.05, 0) is 32.9 Å². The average molecular weight is 367 g/mol. The van der Waals surface area contributed by atoms with E-state index < -0.39 is 28.1 Å². The first-order chi connectivity index (χ1) is 11.6. The van der Waals surface area contributed by atoms with Gasteiger partial charge in [0.2, 0.25) is 0 Å². The highest BCUT2D eigenvalue weighted by atomic mass is 35.5. The smallest absolute Gasteiger partial charge is 0.412 e. The summed E-state index contributed by atoms with van der Waals surface area (Å²) in [5.41, 5.74) is -1.05. The molecule has 1 amide bonds. The number of hydrogen-bond acceptors (Lipinski definition) is 4. The number of nitro groups is 1. The van der Waals surface area contributed by atoms with Gasteiger partial charge in [-0.1, -0.05) is 29.8 Å². The fourth-order valence-electron chi connectivity index (χ4n) is 2.11. The molecule has 2 aromatic carbocycles. The van der Waals surface area contributed by atoms with E-state index in [2.05, 4.69) is 5.32 Å². The van der Waals surface area contributed by atoms with E-state index in [-0.39, 0.29) is 21.8 Å². The maximum absolute atomic E-state index is 14.0. The molecule has 0 radical (unpaired) electrons. The van der Waals surface area contributed by atoms with E-state index in [9.17, 15) is 19.3 Å². The average Bonchev–Trinajstić information content (AvgIpc) is 2.46. The van der Waals surface area contributed by atoms with Crippen molar-refractivity contribution in [2.24, 2.45) is 0 Å². The molecule has 0 atom stereocenters. The van der Waals surface area contributed by atoms with Gasteiger partial charge in [0.1, 0.15) is 17.1 Å². The number of nitrogens with one attached hydrogen (secondary N) is 1. The van der Waals surface area contributed by atoms with Gasteiger partial charge < -0.3 is 4.74 Å². The van der Waals surface area contributed by atoms with Crippen molar-refractivity contribution in [2.75, 3.05) is 5.32 Å². The lowest BCUT2D eigenvalue weighted by molar-refractivity contribution is -0.383. The summed E-state index contributed by atoms with van der Waals surface area (Å²) in [5, 5.41) is 13.7. The maximum atomic E-state index is 14.0. The highest BCUT2D eigenvalue weighted by Crippen LogP contribution is 2.38. The van der Waals surface area contributed by atoms with Crippen LogP contribution >= 0.6 is 11.6 Å². The van der Waals surface area contributed by atoms with Crippen LogP contribution in [0.2, 0.25) is 5.02 Å². The number of benzene rings is 2. The number of halogens is 2. The van der Waals surface area contributed by atoms with Gasteiger partial charge in [-0.25, -0.2) is 9.18 Å². The highest BCUT2D eigenvalue weighted by Gasteiger charge is 2.23. The largest absolute Gasteiger partial charge is 0.444 e. The lowest BCUT2D eigenvalue weighted by Crippen LogP contribution is -2.27. The number of carbonyl (C=O) groups excluding carboxylic acids is 1. The van der Waals surface area contributed by atoms with E-state index in [4.69, 9.17) is 16.3 Å². The number of hydrogen-bond donors (Lipinski definition) is 1. The number of amides is 1. The van der Waals surface area contributed by atoms with E-state index in [1.54, 1.807) is 26.8 Å². The third-order valence-electron chi connectivity index (χ3n) is 3.08. The Morgan fingerprint density at radius 1 is 1.24 bits per heavy atom. The number of nitro benzene ring substituents is 1. The molecule has 0 aliphatic rings. The van der Waals surface area contributed by atoms with E-state index in [1.165, 1.54) is 24.3 Å². The van der Waals surface area contributed by atoms with Gasteiger partial charge in [-0.15, -0.1) is 0 Å². The molecule has 8 heteroatoms. The van der Waals surface area contributed by atoms with Crippen LogP contribution in [0.1, 0.15) is 20.8 Å². The highest BCUT2D eigenvalue weighted by molar-refractivity contribution is 6.34. The summed E-state index contributed by atoms with van der Waals surface area (Å²) in [6.45, 7) is 4.99. The van der Waals surface area contributed by atoms with Crippen molar-refractivity contribution in [3.63, 3.8) is 0 Å². The molecular weight excluding hydrogens is 351 g/mol. The molecule has 0 aliphatic heterocycles. The van der Waals surface area contributed by atoms with Crippen molar-refractivity contribution in [3.05, 3.63) is 57.4 Å². The number of carbonyl (C=O) groups is 1. The van der Waals surface area contributed by atoms with E-state index >= 15 is 0 Å². The molecule has 2 aromatic rings. The topological polar surface area (TPSA) is 81.5 Å². The Balaban J connectivity index is 2.47. The van der Waals surface area contributed by atoms with Crippen molar-refractivity contribution in [1.82, 2.24) is 0 Å². The molecule has 0 unspecified atom stereocenters. The summed E-state index contributed by atoms with van der Waals surface area (Å²) in [7, 11) is 0. The van der Waals surface area contributed by atoms with Crippen molar-refractivity contribution in [1.29, 1.82) is 0 Å². The molecule has 2 rings (SSSR count). The number of ether oxygens (including phenoxy) is 1. The first kappa shape index (κ1) is 18.7. The maximum Gasteiger partial charge on any atom is 0.412 e. The zero-order chi connectivity index (χ0) is 18.8. The number of anilines is 1. The van der Waals surface area contributed by atoms with Gasteiger partial charge in [0.25, 0.3) is 5.69 Å².